The number of anilines is 1. The molecule has 1 N–H and O–H groups in total. The summed E-state index contributed by atoms with van der Waals surface area (Å²) in [5.74, 6) is -1.81. The highest BCUT2D eigenvalue weighted by Gasteiger charge is 2.26. The fourth-order valence-corrected chi connectivity index (χ4v) is 2.43. The van der Waals surface area contributed by atoms with Crippen molar-refractivity contribution in [3.8, 4) is 0 Å². The molecule has 0 atom stereocenters. The van der Waals surface area contributed by atoms with Crippen molar-refractivity contribution >= 4 is 15.9 Å². The summed E-state index contributed by atoms with van der Waals surface area (Å²) < 4.78 is 51.8. The third-order valence-electron chi connectivity index (χ3n) is 2.22. The van der Waals surface area contributed by atoms with E-state index in [0.29, 0.717) is 10.4 Å². The smallest absolute Gasteiger partial charge is 0.303 e. The second kappa shape index (κ2) is 5.59. The van der Waals surface area contributed by atoms with E-state index >= 15 is 0 Å². The van der Waals surface area contributed by atoms with Crippen LogP contribution in [0, 0.1) is 11.6 Å². The minimum absolute atomic E-state index is 0.306. The van der Waals surface area contributed by atoms with Gasteiger partial charge in [-0.3, -0.25) is 4.31 Å². The first kappa shape index (κ1) is 14.8. The molecule has 0 aliphatic rings. The number of benzene rings is 1. The molecule has 18 heavy (non-hydrogen) atoms. The van der Waals surface area contributed by atoms with Gasteiger partial charge in [0.25, 0.3) is 0 Å². The van der Waals surface area contributed by atoms with Crippen molar-refractivity contribution in [2.24, 2.45) is 0 Å². The molecule has 0 amide bonds. The maximum atomic E-state index is 13.6. The van der Waals surface area contributed by atoms with Crippen LogP contribution in [0.15, 0.2) is 18.2 Å². The van der Waals surface area contributed by atoms with Crippen molar-refractivity contribution in [1.82, 2.24) is 4.31 Å². The third-order valence-corrected chi connectivity index (χ3v) is 4.08. The van der Waals surface area contributed by atoms with Crippen LogP contribution in [0.3, 0.4) is 0 Å². The van der Waals surface area contributed by atoms with Crippen molar-refractivity contribution in [2.75, 3.05) is 31.6 Å². The number of nitrogens with zero attached hydrogens (tertiary/aromatic N) is 2. The Labute approximate surface area is 104 Å². The van der Waals surface area contributed by atoms with Gasteiger partial charge in [-0.2, -0.15) is 12.7 Å². The van der Waals surface area contributed by atoms with Gasteiger partial charge in [0.1, 0.15) is 11.6 Å². The van der Waals surface area contributed by atoms with Crippen LogP contribution in [0.2, 0.25) is 0 Å². The van der Waals surface area contributed by atoms with Gasteiger partial charge in [-0.05, 0) is 12.1 Å². The Kier molecular flexibility index (Phi) is 4.60. The highest BCUT2D eigenvalue weighted by Crippen LogP contribution is 2.23. The normalized spacial score (nSPS) is 11.9. The van der Waals surface area contributed by atoms with Crippen LogP contribution >= 0.6 is 0 Å². The monoisotopic (exact) mass is 280 g/mol. The van der Waals surface area contributed by atoms with Gasteiger partial charge < -0.3 is 5.11 Å². The number of aliphatic hydroxyl groups excluding tert-OH is 1. The van der Waals surface area contributed by atoms with Gasteiger partial charge in [0.15, 0.2) is 0 Å². The Morgan fingerprint density at radius 1 is 1.28 bits per heavy atom. The van der Waals surface area contributed by atoms with Crippen molar-refractivity contribution in [2.45, 2.75) is 0 Å². The van der Waals surface area contributed by atoms with Crippen LogP contribution in [0.1, 0.15) is 0 Å². The van der Waals surface area contributed by atoms with E-state index in [1.165, 1.54) is 14.1 Å². The van der Waals surface area contributed by atoms with E-state index in [0.717, 1.165) is 16.4 Å². The molecule has 0 aromatic heterocycles. The maximum Gasteiger partial charge on any atom is 0.303 e. The molecular weight excluding hydrogens is 266 g/mol. The zero-order valence-corrected chi connectivity index (χ0v) is 10.8. The predicted molar refractivity (Wildman–Crippen MR) is 63.4 cm³/mol. The summed E-state index contributed by atoms with van der Waals surface area (Å²) >= 11 is 0. The summed E-state index contributed by atoms with van der Waals surface area (Å²) in [6.45, 7) is -0.799. The topological polar surface area (TPSA) is 60.9 Å². The second-order valence-electron chi connectivity index (χ2n) is 3.68. The lowest BCUT2D eigenvalue weighted by Crippen LogP contribution is -2.42. The van der Waals surface area contributed by atoms with E-state index < -0.39 is 28.5 Å². The van der Waals surface area contributed by atoms with E-state index in [1.54, 1.807) is 0 Å². The molecule has 102 valence electrons. The Balaban J connectivity index is 3.29. The number of halogens is 2. The van der Waals surface area contributed by atoms with Crippen molar-refractivity contribution in [1.29, 1.82) is 0 Å². The summed E-state index contributed by atoms with van der Waals surface area (Å²) in [5, 5.41) is 8.87. The fourth-order valence-electron chi connectivity index (χ4n) is 1.33. The number of aliphatic hydroxyl groups is 1. The predicted octanol–water partition coefficient (Wildman–Crippen LogP) is 0.570. The van der Waals surface area contributed by atoms with Gasteiger partial charge >= 0.3 is 10.2 Å². The first-order valence-corrected chi connectivity index (χ1v) is 6.46. The molecule has 0 aliphatic heterocycles. The molecule has 0 aliphatic carbocycles. The van der Waals surface area contributed by atoms with Crippen LogP contribution in [0.4, 0.5) is 14.5 Å². The molecule has 5 nitrogen and oxygen atoms in total. The van der Waals surface area contributed by atoms with Crippen LogP contribution in [-0.4, -0.2) is 45.1 Å². The zero-order chi connectivity index (χ0) is 13.9. The van der Waals surface area contributed by atoms with E-state index in [-0.39, 0.29) is 12.2 Å². The fraction of sp³-hybridized carbons (Fsp3) is 0.400. The number of hydrogen-bond donors (Lipinski definition) is 1. The maximum absolute atomic E-state index is 13.6. The van der Waals surface area contributed by atoms with Gasteiger partial charge in [0.05, 0.1) is 18.8 Å². The highest BCUT2D eigenvalue weighted by molar-refractivity contribution is 7.90. The minimum atomic E-state index is -3.95. The average Bonchev–Trinajstić information content (AvgIpc) is 2.26. The van der Waals surface area contributed by atoms with E-state index in [2.05, 4.69) is 0 Å². The van der Waals surface area contributed by atoms with Gasteiger partial charge in [0.2, 0.25) is 0 Å². The van der Waals surface area contributed by atoms with Gasteiger partial charge in [0, 0.05) is 20.2 Å². The quantitative estimate of drug-likeness (QED) is 0.858. The van der Waals surface area contributed by atoms with Crippen molar-refractivity contribution in [3.05, 3.63) is 29.8 Å². The standard InChI is InChI=1S/C10H14F2N2O3S/c1-13(2)18(16,17)14(5-6-15)10-4-3-8(11)7-9(10)12/h3-4,7,15H,5-6H2,1-2H3. The summed E-state index contributed by atoms with van der Waals surface area (Å²) in [6, 6.07) is 2.56. The van der Waals surface area contributed by atoms with E-state index in [4.69, 9.17) is 5.11 Å². The summed E-state index contributed by atoms with van der Waals surface area (Å²) in [6.07, 6.45) is 0. The molecule has 1 aromatic rings. The van der Waals surface area contributed by atoms with Crippen LogP contribution in [0.25, 0.3) is 0 Å². The Hall–Kier alpha value is -1.25. The SMILES string of the molecule is CN(C)S(=O)(=O)N(CCO)c1ccc(F)cc1F. The molecular formula is C10H14F2N2O3S. The molecule has 0 radical (unpaired) electrons. The molecule has 1 rings (SSSR count). The molecule has 8 heteroatoms. The molecule has 0 fully saturated rings. The molecule has 0 heterocycles. The Morgan fingerprint density at radius 3 is 2.33 bits per heavy atom. The largest absolute Gasteiger partial charge is 0.394 e. The van der Waals surface area contributed by atoms with Crippen LogP contribution < -0.4 is 4.31 Å². The molecule has 0 spiro atoms. The van der Waals surface area contributed by atoms with Gasteiger partial charge in [-0.25, -0.2) is 8.78 Å². The first-order valence-electron chi connectivity index (χ1n) is 5.06. The Morgan fingerprint density at radius 2 is 1.89 bits per heavy atom. The molecule has 0 bridgehead atoms. The van der Waals surface area contributed by atoms with E-state index in [1.807, 2.05) is 0 Å². The summed E-state index contributed by atoms with van der Waals surface area (Å²) in [4.78, 5) is 0. The number of hydrogen-bond acceptors (Lipinski definition) is 3. The van der Waals surface area contributed by atoms with Gasteiger partial charge in [-0.15, -0.1) is 0 Å². The van der Waals surface area contributed by atoms with Gasteiger partial charge in [-0.1, -0.05) is 0 Å². The lowest BCUT2D eigenvalue weighted by molar-refractivity contribution is 0.305. The van der Waals surface area contributed by atoms with Crippen LogP contribution in [-0.2, 0) is 10.2 Å². The van der Waals surface area contributed by atoms with Crippen molar-refractivity contribution < 1.29 is 22.3 Å². The zero-order valence-electron chi connectivity index (χ0n) is 9.97. The highest BCUT2D eigenvalue weighted by atomic mass is 32.2. The summed E-state index contributed by atoms with van der Waals surface area (Å²) in [5.41, 5.74) is -0.306. The second-order valence-corrected chi connectivity index (χ2v) is 5.75. The van der Waals surface area contributed by atoms with Crippen molar-refractivity contribution in [3.63, 3.8) is 0 Å². The van der Waals surface area contributed by atoms with E-state index in [9.17, 15) is 17.2 Å². The molecule has 1 aromatic carbocycles. The first-order chi connectivity index (χ1) is 8.30. The lowest BCUT2D eigenvalue weighted by atomic mass is 10.3. The van der Waals surface area contributed by atoms with Crippen LogP contribution in [0.5, 0.6) is 0 Å². The lowest BCUT2D eigenvalue weighted by Gasteiger charge is -2.26. The third kappa shape index (κ3) is 2.95. The average molecular weight is 280 g/mol. The number of rotatable bonds is 5. The minimum Gasteiger partial charge on any atom is -0.394 e. The molecule has 0 saturated heterocycles. The summed E-state index contributed by atoms with van der Waals surface area (Å²) in [7, 11) is -1.39. The molecule has 0 saturated carbocycles. The Bertz CT molecular complexity index is 520. The molecule has 0 unspecified atom stereocenters.